The highest BCUT2D eigenvalue weighted by Crippen LogP contribution is 2.15. The molecule has 2 N–H and O–H groups in total. The number of halogens is 1. The van der Waals surface area contributed by atoms with Crippen LogP contribution in [0.3, 0.4) is 0 Å². The summed E-state index contributed by atoms with van der Waals surface area (Å²) in [5, 5.41) is 7.22. The van der Waals surface area contributed by atoms with Crippen molar-refractivity contribution in [3.63, 3.8) is 0 Å². The van der Waals surface area contributed by atoms with Gasteiger partial charge < -0.3 is 10.3 Å². The second-order valence-electron chi connectivity index (χ2n) is 3.71. The quantitative estimate of drug-likeness (QED) is 0.875. The van der Waals surface area contributed by atoms with Crippen LogP contribution in [0.1, 0.15) is 12.7 Å². The zero-order valence-corrected chi connectivity index (χ0v) is 11.6. The smallest absolute Gasteiger partial charge is 0.283 e. The summed E-state index contributed by atoms with van der Waals surface area (Å²) in [5.41, 5.74) is 0.580. The number of anilines is 1. The summed E-state index contributed by atoms with van der Waals surface area (Å²) in [6, 6.07) is 0. The molecule has 2 heterocycles. The van der Waals surface area contributed by atoms with Crippen LogP contribution < -0.4 is 10.9 Å². The molecule has 2 aromatic heterocycles. The van der Waals surface area contributed by atoms with Gasteiger partial charge in [0.2, 0.25) is 0 Å². The molecule has 7 heteroatoms. The minimum Gasteiger partial charge on any atom is -0.382 e. The summed E-state index contributed by atoms with van der Waals surface area (Å²) in [4.78, 5) is 19.0. The van der Waals surface area contributed by atoms with E-state index in [1.54, 1.807) is 18.6 Å². The van der Waals surface area contributed by atoms with Crippen LogP contribution >= 0.6 is 15.9 Å². The summed E-state index contributed by atoms with van der Waals surface area (Å²) in [6.45, 7) is 3.12. The van der Waals surface area contributed by atoms with Gasteiger partial charge in [0.05, 0.1) is 11.9 Å². The number of aromatic amines is 1. The molecule has 0 amide bonds. The topological polar surface area (TPSA) is 75.6 Å². The molecule has 0 aromatic carbocycles. The van der Waals surface area contributed by atoms with Gasteiger partial charge >= 0.3 is 0 Å². The molecule has 0 unspecified atom stereocenters. The highest BCUT2D eigenvalue weighted by atomic mass is 79.9. The van der Waals surface area contributed by atoms with E-state index in [1.165, 1.54) is 4.68 Å². The lowest BCUT2D eigenvalue weighted by molar-refractivity contribution is 0.613. The molecule has 0 fully saturated rings. The van der Waals surface area contributed by atoms with Crippen molar-refractivity contribution in [2.75, 3.05) is 11.9 Å². The van der Waals surface area contributed by atoms with E-state index in [1.807, 2.05) is 6.92 Å². The fourth-order valence-electron chi connectivity index (χ4n) is 1.56. The van der Waals surface area contributed by atoms with Gasteiger partial charge in [-0.25, -0.2) is 9.67 Å². The molecule has 0 bridgehead atoms. The minimum atomic E-state index is -0.125. The van der Waals surface area contributed by atoms with Crippen molar-refractivity contribution >= 4 is 21.6 Å². The van der Waals surface area contributed by atoms with Crippen molar-refractivity contribution in [3.8, 4) is 0 Å². The molecule has 0 aliphatic heterocycles. The van der Waals surface area contributed by atoms with Gasteiger partial charge in [0.1, 0.15) is 10.3 Å². The Labute approximate surface area is 113 Å². The molecule has 6 nitrogen and oxygen atoms in total. The summed E-state index contributed by atoms with van der Waals surface area (Å²) in [5.74, 6) is 0.911. The Morgan fingerprint density at radius 1 is 1.56 bits per heavy atom. The van der Waals surface area contributed by atoms with Crippen molar-refractivity contribution < 1.29 is 0 Å². The predicted molar refractivity (Wildman–Crippen MR) is 72.7 cm³/mol. The van der Waals surface area contributed by atoms with Crippen LogP contribution in [0.15, 0.2) is 27.9 Å². The number of imidazole rings is 1. The minimum absolute atomic E-state index is 0.125. The van der Waals surface area contributed by atoms with Crippen LogP contribution in [0.2, 0.25) is 0 Å². The molecule has 0 aliphatic rings. The summed E-state index contributed by atoms with van der Waals surface area (Å²) < 4.78 is 1.92. The standard InChI is InChI=1S/C11H14BrN5O/c1-2-17-11(18)10(12)8(7-16-17)13-4-3-9-14-5-6-15-9/h5-7,13H,2-4H2,1H3,(H,14,15). The predicted octanol–water partition coefficient (Wildman–Crippen LogP) is 1.40. The Bertz CT molecular complexity index is 563. The molecule has 0 saturated carbocycles. The van der Waals surface area contributed by atoms with Gasteiger partial charge in [-0.15, -0.1) is 0 Å². The van der Waals surface area contributed by atoms with Gasteiger partial charge in [0, 0.05) is 31.9 Å². The van der Waals surface area contributed by atoms with Crippen LogP contribution in [-0.2, 0) is 13.0 Å². The monoisotopic (exact) mass is 311 g/mol. The zero-order valence-electron chi connectivity index (χ0n) is 9.98. The molecule has 0 spiro atoms. The molecule has 0 atom stereocenters. The van der Waals surface area contributed by atoms with E-state index in [2.05, 4.69) is 36.3 Å². The second kappa shape index (κ2) is 5.81. The number of hydrogen-bond acceptors (Lipinski definition) is 4. The third kappa shape index (κ3) is 2.79. The number of nitrogens with one attached hydrogen (secondary N) is 2. The maximum atomic E-state index is 11.8. The maximum absolute atomic E-state index is 11.8. The number of rotatable bonds is 5. The van der Waals surface area contributed by atoms with Crippen molar-refractivity contribution in [1.82, 2.24) is 19.7 Å². The average molecular weight is 312 g/mol. The fourth-order valence-corrected chi connectivity index (χ4v) is 2.01. The van der Waals surface area contributed by atoms with Crippen molar-refractivity contribution in [1.29, 1.82) is 0 Å². The Kier molecular flexibility index (Phi) is 4.14. The lowest BCUT2D eigenvalue weighted by Gasteiger charge is -2.08. The number of aromatic nitrogens is 4. The summed E-state index contributed by atoms with van der Waals surface area (Å²) in [7, 11) is 0. The molecule has 0 saturated heterocycles. The van der Waals surface area contributed by atoms with E-state index in [0.29, 0.717) is 23.2 Å². The van der Waals surface area contributed by atoms with Gasteiger partial charge in [-0.2, -0.15) is 5.10 Å². The van der Waals surface area contributed by atoms with E-state index in [4.69, 9.17) is 0 Å². The van der Waals surface area contributed by atoms with E-state index < -0.39 is 0 Å². The van der Waals surface area contributed by atoms with Gasteiger partial charge in [0.15, 0.2) is 0 Å². The van der Waals surface area contributed by atoms with E-state index >= 15 is 0 Å². The van der Waals surface area contributed by atoms with Gasteiger partial charge in [-0.3, -0.25) is 4.79 Å². The molecule has 0 radical (unpaired) electrons. The fraction of sp³-hybridized carbons (Fsp3) is 0.364. The van der Waals surface area contributed by atoms with E-state index in [-0.39, 0.29) is 5.56 Å². The first-order valence-electron chi connectivity index (χ1n) is 5.70. The van der Waals surface area contributed by atoms with Crippen LogP contribution in [0.4, 0.5) is 5.69 Å². The third-order valence-corrected chi connectivity index (χ3v) is 3.28. The molecule has 18 heavy (non-hydrogen) atoms. The van der Waals surface area contributed by atoms with Gasteiger partial charge in [0.25, 0.3) is 5.56 Å². The van der Waals surface area contributed by atoms with Crippen LogP contribution in [0.5, 0.6) is 0 Å². The Morgan fingerprint density at radius 2 is 2.39 bits per heavy atom. The van der Waals surface area contributed by atoms with Gasteiger partial charge in [-0.1, -0.05) is 0 Å². The van der Waals surface area contributed by atoms with E-state index in [9.17, 15) is 4.79 Å². The highest BCUT2D eigenvalue weighted by molar-refractivity contribution is 9.10. The summed E-state index contributed by atoms with van der Waals surface area (Å²) >= 11 is 3.29. The number of nitrogens with zero attached hydrogens (tertiary/aromatic N) is 3. The Morgan fingerprint density at radius 3 is 3.06 bits per heavy atom. The lowest BCUT2D eigenvalue weighted by Crippen LogP contribution is -2.24. The lowest BCUT2D eigenvalue weighted by atomic mass is 10.4. The molecule has 2 rings (SSSR count). The SMILES string of the molecule is CCn1ncc(NCCc2ncc[nH]2)c(Br)c1=O. The molecule has 0 aliphatic carbocycles. The highest BCUT2D eigenvalue weighted by Gasteiger charge is 2.07. The second-order valence-corrected chi connectivity index (χ2v) is 4.50. The van der Waals surface area contributed by atoms with Crippen LogP contribution in [-0.4, -0.2) is 26.3 Å². The first-order chi connectivity index (χ1) is 8.72. The molecular weight excluding hydrogens is 298 g/mol. The first kappa shape index (κ1) is 12.8. The maximum Gasteiger partial charge on any atom is 0.283 e. The molecular formula is C11H14BrN5O. The number of aryl methyl sites for hydroxylation is 1. The van der Waals surface area contributed by atoms with Crippen molar-refractivity contribution in [2.24, 2.45) is 0 Å². The Hall–Kier alpha value is -1.63. The normalized spacial score (nSPS) is 10.6. The van der Waals surface area contributed by atoms with Gasteiger partial charge in [-0.05, 0) is 22.9 Å². The largest absolute Gasteiger partial charge is 0.382 e. The zero-order chi connectivity index (χ0) is 13.0. The molecule has 96 valence electrons. The summed E-state index contributed by atoms with van der Waals surface area (Å²) in [6.07, 6.45) is 5.91. The number of hydrogen-bond donors (Lipinski definition) is 2. The Balaban J connectivity index is 2.02. The van der Waals surface area contributed by atoms with Crippen LogP contribution in [0.25, 0.3) is 0 Å². The number of H-pyrrole nitrogens is 1. The molecule has 2 aromatic rings. The first-order valence-corrected chi connectivity index (χ1v) is 6.49. The third-order valence-electron chi connectivity index (χ3n) is 2.52. The van der Waals surface area contributed by atoms with Crippen LogP contribution in [0, 0.1) is 0 Å². The van der Waals surface area contributed by atoms with Crippen molar-refractivity contribution in [2.45, 2.75) is 19.9 Å². The van der Waals surface area contributed by atoms with E-state index in [0.717, 1.165) is 12.2 Å². The van der Waals surface area contributed by atoms with Crippen molar-refractivity contribution in [3.05, 3.63) is 39.2 Å². The average Bonchev–Trinajstić information content (AvgIpc) is 2.88.